The van der Waals surface area contributed by atoms with Crippen LogP contribution in [-0.4, -0.2) is 20.5 Å². The molecule has 0 radical (unpaired) electrons. The summed E-state index contributed by atoms with van der Waals surface area (Å²) in [5.41, 5.74) is 1.47. The highest BCUT2D eigenvalue weighted by Gasteiger charge is 2.12. The topological polar surface area (TPSA) is 51.5 Å². The fourth-order valence-electron chi connectivity index (χ4n) is 1.47. The standard InChI is InChI=1S/C12H11NO3/c1-14-7-10(6-13)4-9-2-3-11-12(5-9)16-8-15-11/h2-5H,7-8H2,1H3. The molecule has 1 aliphatic heterocycles. The molecule has 0 saturated carbocycles. The normalized spacial score (nSPS) is 13.6. The van der Waals surface area contributed by atoms with Crippen LogP contribution in [0.4, 0.5) is 0 Å². The molecule has 0 N–H and O–H groups in total. The number of nitriles is 1. The Bertz CT molecular complexity index is 460. The van der Waals surface area contributed by atoms with Gasteiger partial charge in [-0.2, -0.15) is 5.26 Å². The quantitative estimate of drug-likeness (QED) is 0.726. The van der Waals surface area contributed by atoms with Gasteiger partial charge in [0.15, 0.2) is 11.5 Å². The zero-order valence-electron chi connectivity index (χ0n) is 8.90. The molecule has 4 nitrogen and oxygen atoms in total. The molecule has 0 saturated heterocycles. The lowest BCUT2D eigenvalue weighted by molar-refractivity contribution is 0.174. The van der Waals surface area contributed by atoms with Gasteiger partial charge in [0.25, 0.3) is 0 Å². The van der Waals surface area contributed by atoms with Crippen LogP contribution in [0.1, 0.15) is 5.56 Å². The van der Waals surface area contributed by atoms with Crippen molar-refractivity contribution in [2.75, 3.05) is 20.5 Å². The first kappa shape index (κ1) is 10.5. The van der Waals surface area contributed by atoms with Gasteiger partial charge in [-0.3, -0.25) is 0 Å². The maximum atomic E-state index is 8.86. The Labute approximate surface area is 93.7 Å². The molecule has 0 bridgehead atoms. The van der Waals surface area contributed by atoms with Crippen molar-refractivity contribution in [2.45, 2.75) is 0 Å². The van der Waals surface area contributed by atoms with Crippen LogP contribution in [0.5, 0.6) is 11.5 Å². The van der Waals surface area contributed by atoms with Crippen molar-refractivity contribution in [1.29, 1.82) is 5.26 Å². The maximum absolute atomic E-state index is 8.86. The average molecular weight is 217 g/mol. The van der Waals surface area contributed by atoms with Crippen LogP contribution in [-0.2, 0) is 4.74 Å². The van der Waals surface area contributed by atoms with Crippen LogP contribution in [0, 0.1) is 11.3 Å². The summed E-state index contributed by atoms with van der Waals surface area (Å²) < 4.78 is 15.4. The molecule has 0 amide bonds. The van der Waals surface area contributed by atoms with Crippen molar-refractivity contribution in [2.24, 2.45) is 0 Å². The fraction of sp³-hybridized carbons (Fsp3) is 0.250. The number of benzene rings is 1. The van der Waals surface area contributed by atoms with Crippen LogP contribution in [0.2, 0.25) is 0 Å². The highest BCUT2D eigenvalue weighted by atomic mass is 16.7. The zero-order chi connectivity index (χ0) is 11.4. The highest BCUT2D eigenvalue weighted by molar-refractivity contribution is 5.61. The van der Waals surface area contributed by atoms with Crippen LogP contribution < -0.4 is 9.47 Å². The minimum absolute atomic E-state index is 0.256. The molecule has 1 aromatic carbocycles. The van der Waals surface area contributed by atoms with Gasteiger partial charge >= 0.3 is 0 Å². The third-order valence-corrected chi connectivity index (χ3v) is 2.18. The molecular weight excluding hydrogens is 206 g/mol. The second kappa shape index (κ2) is 4.69. The van der Waals surface area contributed by atoms with Gasteiger partial charge in [-0.25, -0.2) is 0 Å². The summed E-state index contributed by atoms with van der Waals surface area (Å²) >= 11 is 0. The summed E-state index contributed by atoms with van der Waals surface area (Å²) in [5, 5.41) is 8.86. The van der Waals surface area contributed by atoms with Gasteiger partial charge in [0, 0.05) is 7.11 Å². The lowest BCUT2D eigenvalue weighted by Crippen LogP contribution is -1.93. The molecule has 82 valence electrons. The SMILES string of the molecule is COCC(C#N)=Cc1ccc2c(c1)OCO2. The predicted octanol–water partition coefficient (Wildman–Crippen LogP) is 1.97. The Morgan fingerprint density at radius 1 is 1.50 bits per heavy atom. The Morgan fingerprint density at radius 3 is 3.06 bits per heavy atom. The highest BCUT2D eigenvalue weighted by Crippen LogP contribution is 2.32. The maximum Gasteiger partial charge on any atom is 0.231 e. The number of hydrogen-bond acceptors (Lipinski definition) is 4. The minimum Gasteiger partial charge on any atom is -0.454 e. The summed E-state index contributed by atoms with van der Waals surface area (Å²) in [4.78, 5) is 0. The second-order valence-electron chi connectivity index (χ2n) is 3.33. The lowest BCUT2D eigenvalue weighted by Gasteiger charge is -1.99. The summed E-state index contributed by atoms with van der Waals surface area (Å²) in [6.45, 7) is 0.566. The first-order valence-corrected chi connectivity index (χ1v) is 4.83. The van der Waals surface area contributed by atoms with Gasteiger partial charge in [-0.15, -0.1) is 0 Å². The number of fused-ring (bicyclic) bond motifs is 1. The molecule has 0 unspecified atom stereocenters. The van der Waals surface area contributed by atoms with Crippen molar-refractivity contribution in [1.82, 2.24) is 0 Å². The Kier molecular flexibility index (Phi) is 3.08. The van der Waals surface area contributed by atoms with Crippen molar-refractivity contribution < 1.29 is 14.2 Å². The summed E-state index contributed by atoms with van der Waals surface area (Å²) in [7, 11) is 1.56. The summed E-state index contributed by atoms with van der Waals surface area (Å²) in [6.07, 6.45) is 1.77. The summed E-state index contributed by atoms with van der Waals surface area (Å²) in [5.74, 6) is 1.45. The van der Waals surface area contributed by atoms with Gasteiger partial charge in [0.05, 0.1) is 18.2 Å². The van der Waals surface area contributed by atoms with E-state index in [-0.39, 0.29) is 6.79 Å². The first-order valence-electron chi connectivity index (χ1n) is 4.83. The van der Waals surface area contributed by atoms with E-state index in [4.69, 9.17) is 19.5 Å². The molecular formula is C12H11NO3. The van der Waals surface area contributed by atoms with Crippen molar-refractivity contribution in [3.8, 4) is 17.6 Å². The molecule has 0 fully saturated rings. The molecule has 0 spiro atoms. The molecule has 0 atom stereocenters. The molecule has 0 aliphatic carbocycles. The van der Waals surface area contributed by atoms with E-state index in [9.17, 15) is 0 Å². The van der Waals surface area contributed by atoms with Crippen LogP contribution in [0.15, 0.2) is 23.8 Å². The second-order valence-corrected chi connectivity index (χ2v) is 3.33. The van der Waals surface area contributed by atoms with E-state index >= 15 is 0 Å². The number of rotatable bonds is 3. The van der Waals surface area contributed by atoms with E-state index in [2.05, 4.69) is 6.07 Å². The Morgan fingerprint density at radius 2 is 2.31 bits per heavy atom. The Balaban J connectivity index is 2.25. The van der Waals surface area contributed by atoms with E-state index in [1.54, 1.807) is 13.2 Å². The van der Waals surface area contributed by atoms with Crippen LogP contribution >= 0.6 is 0 Å². The van der Waals surface area contributed by atoms with E-state index in [0.29, 0.717) is 17.9 Å². The number of hydrogen-bond donors (Lipinski definition) is 0. The van der Waals surface area contributed by atoms with Crippen molar-refractivity contribution >= 4 is 6.08 Å². The first-order chi connectivity index (χ1) is 7.83. The smallest absolute Gasteiger partial charge is 0.231 e. The van der Waals surface area contributed by atoms with Gasteiger partial charge in [0.1, 0.15) is 0 Å². The number of nitrogens with zero attached hydrogens (tertiary/aromatic N) is 1. The van der Waals surface area contributed by atoms with Crippen LogP contribution in [0.25, 0.3) is 6.08 Å². The van der Waals surface area contributed by atoms with Gasteiger partial charge < -0.3 is 14.2 Å². The third kappa shape index (κ3) is 2.15. The van der Waals surface area contributed by atoms with E-state index in [1.807, 2.05) is 18.2 Å². The van der Waals surface area contributed by atoms with Crippen molar-refractivity contribution in [3.05, 3.63) is 29.3 Å². The number of methoxy groups -OCH3 is 1. The molecule has 0 aromatic heterocycles. The molecule has 1 aliphatic rings. The van der Waals surface area contributed by atoms with E-state index in [1.165, 1.54) is 0 Å². The van der Waals surface area contributed by atoms with Gasteiger partial charge in [-0.05, 0) is 23.8 Å². The average Bonchev–Trinajstić information content (AvgIpc) is 2.75. The predicted molar refractivity (Wildman–Crippen MR) is 58.0 cm³/mol. The lowest BCUT2D eigenvalue weighted by atomic mass is 10.1. The molecule has 1 heterocycles. The van der Waals surface area contributed by atoms with Gasteiger partial charge in [-0.1, -0.05) is 6.07 Å². The molecule has 16 heavy (non-hydrogen) atoms. The fourth-order valence-corrected chi connectivity index (χ4v) is 1.47. The molecule has 1 aromatic rings. The largest absolute Gasteiger partial charge is 0.454 e. The number of ether oxygens (including phenoxy) is 3. The monoisotopic (exact) mass is 217 g/mol. The molecule has 4 heteroatoms. The Hall–Kier alpha value is -1.99. The van der Waals surface area contributed by atoms with Crippen LogP contribution in [0.3, 0.4) is 0 Å². The third-order valence-electron chi connectivity index (χ3n) is 2.18. The molecule has 2 rings (SSSR count). The van der Waals surface area contributed by atoms with Crippen molar-refractivity contribution in [3.63, 3.8) is 0 Å². The van der Waals surface area contributed by atoms with E-state index in [0.717, 1.165) is 11.3 Å². The van der Waals surface area contributed by atoms with E-state index < -0.39 is 0 Å². The summed E-state index contributed by atoms with van der Waals surface area (Å²) in [6, 6.07) is 7.63. The zero-order valence-corrected chi connectivity index (χ0v) is 8.90. The minimum atomic E-state index is 0.256. The van der Waals surface area contributed by atoms with Gasteiger partial charge in [0.2, 0.25) is 6.79 Å².